The van der Waals surface area contributed by atoms with Crippen LogP contribution in [0.15, 0.2) is 18.5 Å². The highest BCUT2D eigenvalue weighted by Gasteiger charge is 2.49. The Balaban J connectivity index is 1.50. The minimum absolute atomic E-state index is 0.114. The Morgan fingerprint density at radius 2 is 2.07 bits per heavy atom. The zero-order valence-electron chi connectivity index (χ0n) is 17.0. The van der Waals surface area contributed by atoms with Gasteiger partial charge in [-0.25, -0.2) is 18.3 Å². The first-order chi connectivity index (χ1) is 14.2. The van der Waals surface area contributed by atoms with E-state index >= 15 is 0 Å². The molecule has 4 N–H and O–H groups in total. The van der Waals surface area contributed by atoms with E-state index in [1.165, 1.54) is 10.8 Å². The van der Waals surface area contributed by atoms with E-state index in [1.807, 2.05) is 19.0 Å². The van der Waals surface area contributed by atoms with Crippen LogP contribution >= 0.6 is 0 Å². The molecule has 2 aliphatic rings. The van der Waals surface area contributed by atoms with Gasteiger partial charge in [-0.15, -0.1) is 0 Å². The van der Waals surface area contributed by atoms with Crippen molar-refractivity contribution in [3.63, 3.8) is 0 Å². The number of hydrogen-bond donors (Lipinski definition) is 3. The van der Waals surface area contributed by atoms with E-state index in [0.717, 1.165) is 0 Å². The molecule has 5 atom stereocenters. The van der Waals surface area contributed by atoms with Gasteiger partial charge in [0.2, 0.25) is 0 Å². The third-order valence-corrected chi connectivity index (χ3v) is 5.97. The van der Waals surface area contributed by atoms with Crippen LogP contribution in [0.3, 0.4) is 0 Å². The van der Waals surface area contributed by atoms with Gasteiger partial charge < -0.3 is 25.6 Å². The Hall–Kier alpha value is -1.92. The van der Waals surface area contributed by atoms with Gasteiger partial charge in [-0.3, -0.25) is 4.90 Å². The summed E-state index contributed by atoms with van der Waals surface area (Å²) in [7, 11) is 3.81. The highest BCUT2D eigenvalue weighted by atomic mass is 19.3. The summed E-state index contributed by atoms with van der Waals surface area (Å²) in [6.07, 6.45) is -2.40. The molecule has 0 saturated carbocycles. The fourth-order valence-corrected chi connectivity index (χ4v) is 4.43. The topological polar surface area (TPSA) is 112 Å². The number of alkyl halides is 2. The van der Waals surface area contributed by atoms with Crippen molar-refractivity contribution in [2.75, 3.05) is 39.5 Å². The fourth-order valence-electron chi connectivity index (χ4n) is 4.43. The molecule has 4 heterocycles. The molecule has 9 nitrogen and oxygen atoms in total. The number of nitrogens with zero attached hydrogens (tertiary/aromatic N) is 5. The maximum absolute atomic E-state index is 14.1. The number of nitrogens with two attached hydrogens (primary N) is 1. The summed E-state index contributed by atoms with van der Waals surface area (Å²) < 4.78 is 35.7. The standard InChI is InChI=1S/C19H28F2N6O3/c1-25(2)6-5-11-7-19(20,21)9-26(11)8-14-15(28)16(29)17(30-14)12-3-4-13-18(22)23-10-24-27(12)13/h3-4,10-11,14-17,28-29H,5-9H2,1-2H3,(H2,22,23,24)/t11-,14-,15-,16-,17+/m1/s1. The average Bonchev–Trinajstić information content (AvgIpc) is 3.30. The largest absolute Gasteiger partial charge is 0.388 e. The summed E-state index contributed by atoms with van der Waals surface area (Å²) in [5.41, 5.74) is 6.93. The van der Waals surface area contributed by atoms with Crippen LogP contribution in [0.1, 0.15) is 24.6 Å². The predicted molar refractivity (Wildman–Crippen MR) is 105 cm³/mol. The lowest BCUT2D eigenvalue weighted by molar-refractivity contribution is -0.0260. The quantitative estimate of drug-likeness (QED) is 0.598. The van der Waals surface area contributed by atoms with E-state index in [4.69, 9.17) is 10.5 Å². The lowest BCUT2D eigenvalue weighted by Crippen LogP contribution is -2.43. The molecular formula is C19H28F2N6O3. The summed E-state index contributed by atoms with van der Waals surface area (Å²) in [6, 6.07) is 3.10. The maximum Gasteiger partial charge on any atom is 0.262 e. The molecule has 0 aliphatic carbocycles. The minimum atomic E-state index is -2.77. The first-order valence-electron chi connectivity index (χ1n) is 10.0. The van der Waals surface area contributed by atoms with Crippen molar-refractivity contribution in [2.45, 2.75) is 49.2 Å². The van der Waals surface area contributed by atoms with Crippen LogP contribution in [0.4, 0.5) is 14.6 Å². The Kier molecular flexibility index (Phi) is 5.66. The molecule has 0 spiro atoms. The molecular weight excluding hydrogens is 398 g/mol. The monoisotopic (exact) mass is 426 g/mol. The van der Waals surface area contributed by atoms with Crippen molar-refractivity contribution in [3.8, 4) is 0 Å². The fraction of sp³-hybridized carbons (Fsp3) is 0.684. The normalized spacial score (nSPS) is 31.9. The Labute approximate surface area is 173 Å². The number of aromatic nitrogens is 3. The SMILES string of the molecule is CN(C)CC[C@@H]1CC(F)(F)CN1C[C@H]1O[C@@H](c2ccc3c(N)ncnn23)[C@H](O)[C@@H]1O. The number of fused-ring (bicyclic) bond motifs is 1. The van der Waals surface area contributed by atoms with Crippen LogP contribution in [-0.4, -0.2) is 98.6 Å². The molecule has 0 unspecified atom stereocenters. The second kappa shape index (κ2) is 7.97. The first kappa shape index (κ1) is 21.3. The molecule has 2 aromatic rings. The highest BCUT2D eigenvalue weighted by Crippen LogP contribution is 2.38. The van der Waals surface area contributed by atoms with Gasteiger partial charge >= 0.3 is 0 Å². The number of rotatable bonds is 6. The van der Waals surface area contributed by atoms with E-state index in [1.54, 1.807) is 17.0 Å². The molecule has 166 valence electrons. The molecule has 4 rings (SSSR count). The van der Waals surface area contributed by atoms with Gasteiger partial charge in [0.05, 0.1) is 18.3 Å². The van der Waals surface area contributed by atoms with Crippen molar-refractivity contribution in [2.24, 2.45) is 0 Å². The third kappa shape index (κ3) is 4.00. The number of aliphatic hydroxyl groups is 2. The molecule has 0 amide bonds. The van der Waals surface area contributed by atoms with E-state index in [2.05, 4.69) is 10.1 Å². The average molecular weight is 426 g/mol. The molecule has 2 saturated heterocycles. The van der Waals surface area contributed by atoms with Gasteiger partial charge in [-0.05, 0) is 39.2 Å². The highest BCUT2D eigenvalue weighted by molar-refractivity contribution is 5.65. The Morgan fingerprint density at radius 1 is 1.30 bits per heavy atom. The van der Waals surface area contributed by atoms with Crippen LogP contribution in [0, 0.1) is 0 Å². The molecule has 2 aromatic heterocycles. The van der Waals surface area contributed by atoms with Crippen LogP contribution in [-0.2, 0) is 4.74 Å². The molecule has 2 fully saturated rings. The van der Waals surface area contributed by atoms with Crippen molar-refractivity contribution in [1.29, 1.82) is 0 Å². The van der Waals surface area contributed by atoms with E-state index in [-0.39, 0.29) is 31.4 Å². The van der Waals surface area contributed by atoms with Gasteiger partial charge in [-0.1, -0.05) is 0 Å². The van der Waals surface area contributed by atoms with Crippen molar-refractivity contribution in [1.82, 2.24) is 24.4 Å². The van der Waals surface area contributed by atoms with E-state index in [0.29, 0.717) is 24.2 Å². The smallest absolute Gasteiger partial charge is 0.262 e. The lowest BCUT2D eigenvalue weighted by Gasteiger charge is -2.28. The molecule has 0 bridgehead atoms. The predicted octanol–water partition coefficient (Wildman–Crippen LogP) is 0.135. The summed E-state index contributed by atoms with van der Waals surface area (Å²) in [4.78, 5) is 7.56. The van der Waals surface area contributed by atoms with Gasteiger partial charge in [0.25, 0.3) is 5.92 Å². The first-order valence-corrected chi connectivity index (χ1v) is 10.0. The van der Waals surface area contributed by atoms with Crippen molar-refractivity contribution in [3.05, 3.63) is 24.2 Å². The van der Waals surface area contributed by atoms with Crippen LogP contribution < -0.4 is 5.73 Å². The van der Waals surface area contributed by atoms with E-state index in [9.17, 15) is 19.0 Å². The number of nitrogen functional groups attached to an aromatic ring is 1. The van der Waals surface area contributed by atoms with Crippen LogP contribution in [0.25, 0.3) is 5.52 Å². The number of halogens is 2. The van der Waals surface area contributed by atoms with Gasteiger partial charge in [0.1, 0.15) is 30.2 Å². The zero-order chi connectivity index (χ0) is 21.6. The molecule has 0 aromatic carbocycles. The third-order valence-electron chi connectivity index (χ3n) is 5.97. The molecule has 2 aliphatic heterocycles. The lowest BCUT2D eigenvalue weighted by atomic mass is 10.0. The van der Waals surface area contributed by atoms with Crippen molar-refractivity contribution < 1.29 is 23.7 Å². The van der Waals surface area contributed by atoms with Crippen LogP contribution in [0.5, 0.6) is 0 Å². The van der Waals surface area contributed by atoms with Crippen molar-refractivity contribution >= 4 is 11.3 Å². The number of anilines is 1. The number of likely N-dealkylation sites (tertiary alicyclic amines) is 1. The minimum Gasteiger partial charge on any atom is -0.388 e. The number of aliphatic hydroxyl groups excluding tert-OH is 2. The number of ether oxygens (including phenoxy) is 1. The molecule has 11 heteroatoms. The second-order valence-electron chi connectivity index (χ2n) is 8.51. The van der Waals surface area contributed by atoms with Gasteiger partial charge in [-0.2, -0.15) is 5.10 Å². The number of hydrogen-bond acceptors (Lipinski definition) is 8. The summed E-state index contributed by atoms with van der Waals surface area (Å²) >= 11 is 0. The zero-order valence-corrected chi connectivity index (χ0v) is 17.0. The summed E-state index contributed by atoms with van der Waals surface area (Å²) in [5.74, 6) is -2.49. The van der Waals surface area contributed by atoms with Crippen LogP contribution in [0.2, 0.25) is 0 Å². The maximum atomic E-state index is 14.1. The molecule has 30 heavy (non-hydrogen) atoms. The second-order valence-corrected chi connectivity index (χ2v) is 8.51. The van der Waals surface area contributed by atoms with E-state index < -0.39 is 30.3 Å². The summed E-state index contributed by atoms with van der Waals surface area (Å²) in [5, 5.41) is 25.3. The van der Waals surface area contributed by atoms with Gasteiger partial charge in [0.15, 0.2) is 5.82 Å². The van der Waals surface area contributed by atoms with Gasteiger partial charge in [0, 0.05) is 19.0 Å². The Morgan fingerprint density at radius 3 is 2.80 bits per heavy atom. The molecule has 0 radical (unpaired) electrons. The Bertz CT molecular complexity index is 894. The summed E-state index contributed by atoms with van der Waals surface area (Å²) in [6.45, 7) is 0.424.